The first-order valence-corrected chi connectivity index (χ1v) is 8.43. The largest absolute Gasteiger partial charge is 0.380 e. The van der Waals surface area contributed by atoms with Gasteiger partial charge in [0.15, 0.2) is 0 Å². The van der Waals surface area contributed by atoms with Crippen molar-refractivity contribution in [1.29, 1.82) is 0 Å². The molecule has 1 rings (SSSR count). The highest BCUT2D eigenvalue weighted by atomic mass is 35.5. The van der Waals surface area contributed by atoms with Gasteiger partial charge in [0.05, 0.1) is 22.1 Å². The SMILES string of the molecule is CCOCCN(CC)C(=O)c1c(Cl)cccc1S(N)(=O)=O. The molecular weight excluding hydrogens is 316 g/mol. The summed E-state index contributed by atoms with van der Waals surface area (Å²) in [6.45, 7) is 5.30. The minimum absolute atomic E-state index is 0.0568. The van der Waals surface area contributed by atoms with Crippen LogP contribution in [0.15, 0.2) is 23.1 Å². The van der Waals surface area contributed by atoms with Crippen LogP contribution < -0.4 is 5.14 Å². The van der Waals surface area contributed by atoms with Crippen LogP contribution in [0.25, 0.3) is 0 Å². The molecule has 8 heteroatoms. The molecule has 0 aromatic heterocycles. The van der Waals surface area contributed by atoms with Crippen LogP contribution in [0.3, 0.4) is 0 Å². The van der Waals surface area contributed by atoms with Gasteiger partial charge in [0, 0.05) is 19.7 Å². The maximum atomic E-state index is 12.5. The van der Waals surface area contributed by atoms with Gasteiger partial charge in [-0.05, 0) is 26.0 Å². The van der Waals surface area contributed by atoms with Gasteiger partial charge in [-0.1, -0.05) is 17.7 Å². The molecule has 0 radical (unpaired) electrons. The molecule has 0 saturated heterocycles. The number of hydrogen-bond donors (Lipinski definition) is 1. The van der Waals surface area contributed by atoms with Gasteiger partial charge < -0.3 is 9.64 Å². The number of benzene rings is 1. The van der Waals surface area contributed by atoms with Crippen molar-refractivity contribution in [3.05, 3.63) is 28.8 Å². The Balaban J connectivity index is 3.16. The molecule has 2 N–H and O–H groups in total. The monoisotopic (exact) mass is 334 g/mol. The number of ether oxygens (including phenoxy) is 1. The second kappa shape index (κ2) is 7.74. The first-order valence-electron chi connectivity index (χ1n) is 6.51. The predicted molar refractivity (Wildman–Crippen MR) is 80.9 cm³/mol. The zero-order valence-electron chi connectivity index (χ0n) is 12.0. The molecule has 6 nitrogen and oxygen atoms in total. The zero-order chi connectivity index (χ0) is 16.0. The number of halogens is 1. The van der Waals surface area contributed by atoms with Crippen molar-refractivity contribution in [3.63, 3.8) is 0 Å². The summed E-state index contributed by atoms with van der Waals surface area (Å²) in [6.07, 6.45) is 0. The summed E-state index contributed by atoms with van der Waals surface area (Å²) in [7, 11) is -4.03. The summed E-state index contributed by atoms with van der Waals surface area (Å²) in [4.78, 5) is 13.7. The van der Waals surface area contributed by atoms with Crippen molar-refractivity contribution in [3.8, 4) is 0 Å². The predicted octanol–water partition coefficient (Wildman–Crippen LogP) is 1.49. The van der Waals surface area contributed by atoms with Crippen molar-refractivity contribution >= 4 is 27.5 Å². The lowest BCUT2D eigenvalue weighted by atomic mass is 10.2. The minimum Gasteiger partial charge on any atom is -0.380 e. The highest BCUT2D eigenvalue weighted by Crippen LogP contribution is 2.24. The van der Waals surface area contributed by atoms with Crippen LogP contribution in [0, 0.1) is 0 Å². The van der Waals surface area contributed by atoms with E-state index < -0.39 is 15.9 Å². The van der Waals surface area contributed by atoms with Crippen molar-refractivity contribution in [2.45, 2.75) is 18.7 Å². The second-order valence-electron chi connectivity index (χ2n) is 4.24. The van der Waals surface area contributed by atoms with Crippen molar-refractivity contribution in [2.75, 3.05) is 26.3 Å². The fourth-order valence-corrected chi connectivity index (χ4v) is 2.89. The van der Waals surface area contributed by atoms with Gasteiger partial charge in [0.25, 0.3) is 5.91 Å². The number of nitrogens with zero attached hydrogens (tertiary/aromatic N) is 1. The zero-order valence-corrected chi connectivity index (χ0v) is 13.6. The number of rotatable bonds is 7. The van der Waals surface area contributed by atoms with E-state index in [1.807, 2.05) is 6.92 Å². The number of likely N-dealkylation sites (N-methyl/N-ethyl adjacent to an activating group) is 1. The number of carbonyl (C=O) groups is 1. The van der Waals surface area contributed by atoms with Crippen LogP contribution in [0.4, 0.5) is 0 Å². The van der Waals surface area contributed by atoms with Crippen molar-refractivity contribution in [2.24, 2.45) is 5.14 Å². The van der Waals surface area contributed by atoms with E-state index in [1.54, 1.807) is 6.92 Å². The quantitative estimate of drug-likeness (QED) is 0.765. The van der Waals surface area contributed by atoms with Crippen molar-refractivity contribution in [1.82, 2.24) is 4.90 Å². The molecular formula is C13H19ClN2O4S. The molecule has 0 aliphatic rings. The Bertz CT molecular complexity index is 604. The van der Waals surface area contributed by atoms with E-state index >= 15 is 0 Å². The third-order valence-electron chi connectivity index (χ3n) is 2.87. The highest BCUT2D eigenvalue weighted by Gasteiger charge is 2.25. The van der Waals surface area contributed by atoms with Crippen LogP contribution in [0.5, 0.6) is 0 Å². The summed E-state index contributed by atoms with van der Waals surface area (Å²) < 4.78 is 28.4. The van der Waals surface area contributed by atoms with E-state index in [0.29, 0.717) is 26.3 Å². The van der Waals surface area contributed by atoms with Gasteiger partial charge in [0.2, 0.25) is 10.0 Å². The van der Waals surface area contributed by atoms with Crippen LogP contribution in [0.1, 0.15) is 24.2 Å². The number of nitrogens with two attached hydrogens (primary N) is 1. The third kappa shape index (κ3) is 4.67. The number of sulfonamides is 1. The van der Waals surface area contributed by atoms with Crippen LogP contribution in [0.2, 0.25) is 5.02 Å². The highest BCUT2D eigenvalue weighted by molar-refractivity contribution is 7.89. The molecule has 0 spiro atoms. The Hall–Kier alpha value is -1.15. The number of primary sulfonamides is 1. The molecule has 0 heterocycles. The molecule has 118 valence electrons. The van der Waals surface area contributed by atoms with Gasteiger partial charge in [-0.3, -0.25) is 4.79 Å². The number of hydrogen-bond acceptors (Lipinski definition) is 4. The average molecular weight is 335 g/mol. The van der Waals surface area contributed by atoms with Gasteiger partial charge >= 0.3 is 0 Å². The van der Waals surface area contributed by atoms with E-state index in [9.17, 15) is 13.2 Å². The summed E-state index contributed by atoms with van der Waals surface area (Å²) >= 11 is 5.99. The van der Waals surface area contributed by atoms with E-state index in [0.717, 1.165) is 0 Å². The molecule has 1 aromatic carbocycles. The lowest BCUT2D eigenvalue weighted by Gasteiger charge is -2.22. The Morgan fingerprint density at radius 2 is 2.05 bits per heavy atom. The molecule has 1 aromatic rings. The standard InChI is InChI=1S/C13H19ClN2O4S/c1-3-16(8-9-20-4-2)13(17)12-10(14)6-5-7-11(12)21(15,18)19/h5-7H,3-4,8-9H2,1-2H3,(H2,15,18,19). The van der Waals surface area contributed by atoms with Gasteiger partial charge in [-0.2, -0.15) is 0 Å². The third-order valence-corrected chi connectivity index (χ3v) is 4.14. The summed E-state index contributed by atoms with van der Waals surface area (Å²) in [5.74, 6) is -0.480. The first kappa shape index (κ1) is 17.9. The van der Waals surface area contributed by atoms with Gasteiger partial charge in [0.1, 0.15) is 0 Å². The minimum atomic E-state index is -4.03. The topological polar surface area (TPSA) is 89.7 Å². The normalized spacial score (nSPS) is 11.4. The summed E-state index contributed by atoms with van der Waals surface area (Å²) in [6, 6.07) is 4.17. The summed E-state index contributed by atoms with van der Waals surface area (Å²) in [5, 5.41) is 5.20. The van der Waals surface area contributed by atoms with E-state index in [4.69, 9.17) is 21.5 Å². The lowest BCUT2D eigenvalue weighted by Crippen LogP contribution is -2.35. The molecule has 0 atom stereocenters. The number of amides is 1. The molecule has 0 saturated carbocycles. The maximum Gasteiger partial charge on any atom is 0.256 e. The molecule has 21 heavy (non-hydrogen) atoms. The van der Waals surface area contributed by atoms with Crippen molar-refractivity contribution < 1.29 is 17.9 Å². The Morgan fingerprint density at radius 3 is 2.57 bits per heavy atom. The van der Waals surface area contributed by atoms with E-state index in [1.165, 1.54) is 23.1 Å². The van der Waals surface area contributed by atoms with E-state index in [-0.39, 0.29) is 15.5 Å². The second-order valence-corrected chi connectivity index (χ2v) is 6.18. The van der Waals surface area contributed by atoms with Crippen LogP contribution in [-0.2, 0) is 14.8 Å². The average Bonchev–Trinajstić information content (AvgIpc) is 2.42. The fraction of sp³-hybridized carbons (Fsp3) is 0.462. The van der Waals surface area contributed by atoms with E-state index in [2.05, 4.69) is 0 Å². The molecule has 0 fully saturated rings. The van der Waals surface area contributed by atoms with Crippen LogP contribution >= 0.6 is 11.6 Å². The number of carbonyl (C=O) groups excluding carboxylic acids is 1. The summed E-state index contributed by atoms with van der Waals surface area (Å²) in [5.41, 5.74) is -0.0972. The fourth-order valence-electron chi connectivity index (χ4n) is 1.83. The molecule has 1 amide bonds. The molecule has 0 unspecified atom stereocenters. The molecule has 0 aliphatic heterocycles. The molecule has 0 aliphatic carbocycles. The van der Waals surface area contributed by atoms with Crippen LogP contribution in [-0.4, -0.2) is 45.5 Å². The first-order chi connectivity index (χ1) is 9.82. The van der Waals surface area contributed by atoms with Gasteiger partial charge in [-0.15, -0.1) is 0 Å². The maximum absolute atomic E-state index is 12.5. The Labute approximate surface area is 129 Å². The van der Waals surface area contributed by atoms with Gasteiger partial charge in [-0.25, -0.2) is 13.6 Å². The molecule has 0 bridgehead atoms. The Kier molecular flexibility index (Phi) is 6.60. The lowest BCUT2D eigenvalue weighted by molar-refractivity contribution is 0.0666. The smallest absolute Gasteiger partial charge is 0.256 e. The Morgan fingerprint density at radius 1 is 1.38 bits per heavy atom.